The van der Waals surface area contributed by atoms with Crippen LogP contribution < -0.4 is 10.00 Å². The Hall–Kier alpha value is -2.22. The first-order valence-corrected chi connectivity index (χ1v) is 10.7. The number of benzene rings is 1. The third-order valence-corrected chi connectivity index (χ3v) is 6.92. The molecule has 1 saturated heterocycles. The molecule has 2 heterocycles. The number of anilines is 1. The van der Waals surface area contributed by atoms with Gasteiger partial charge in [-0.05, 0) is 43.5 Å². The predicted octanol–water partition coefficient (Wildman–Crippen LogP) is 1.93. The third kappa shape index (κ3) is 3.25. The Morgan fingerprint density at radius 2 is 1.92 bits per heavy atom. The molecule has 2 aliphatic rings. The van der Waals surface area contributed by atoms with Crippen LogP contribution in [0.25, 0.3) is 0 Å². The Kier molecular flexibility index (Phi) is 4.30. The molecule has 1 fully saturated rings. The number of halogens is 1. The van der Waals surface area contributed by atoms with E-state index in [-0.39, 0.29) is 29.3 Å². The van der Waals surface area contributed by atoms with Crippen molar-refractivity contribution in [1.29, 1.82) is 0 Å². The van der Waals surface area contributed by atoms with E-state index in [1.807, 2.05) is 4.68 Å². The summed E-state index contributed by atoms with van der Waals surface area (Å²) in [5.74, 6) is -0.339. The lowest BCUT2D eigenvalue weighted by molar-refractivity contribution is -0.775. The van der Waals surface area contributed by atoms with E-state index >= 15 is 0 Å². The summed E-state index contributed by atoms with van der Waals surface area (Å²) in [6.45, 7) is 0. The molecule has 1 atom stereocenters. The largest absolute Gasteiger partial charge is 0.321 e. The van der Waals surface area contributed by atoms with Crippen LogP contribution >= 0.6 is 0 Å². The molecule has 1 aromatic heterocycles. The number of sulfone groups is 1. The summed E-state index contributed by atoms with van der Waals surface area (Å²) in [6.07, 6.45) is 4.24. The molecule has 1 aromatic carbocycles. The summed E-state index contributed by atoms with van der Waals surface area (Å²) in [4.78, 5) is 12.8. The number of aromatic nitrogens is 2. The molecule has 0 radical (unpaired) electrons. The first kappa shape index (κ1) is 17.2. The number of carbonyl (C=O) groups is 1. The van der Waals surface area contributed by atoms with E-state index < -0.39 is 9.84 Å². The van der Waals surface area contributed by atoms with Gasteiger partial charge in [-0.2, -0.15) is 5.10 Å². The van der Waals surface area contributed by atoms with Crippen LogP contribution in [0.4, 0.5) is 10.1 Å². The molecule has 26 heavy (non-hydrogen) atoms. The minimum absolute atomic E-state index is 0.115. The van der Waals surface area contributed by atoms with Gasteiger partial charge < -0.3 is 5.32 Å². The fourth-order valence-corrected chi connectivity index (χ4v) is 5.59. The van der Waals surface area contributed by atoms with Gasteiger partial charge in [0.25, 0.3) is 5.91 Å². The number of fused-ring (bicyclic) bond motifs is 1. The summed E-state index contributed by atoms with van der Waals surface area (Å²) in [5, 5.41) is 5.96. The summed E-state index contributed by atoms with van der Waals surface area (Å²) in [5.41, 5.74) is 3.02. The van der Waals surface area contributed by atoms with Gasteiger partial charge in [0.1, 0.15) is 11.6 Å². The fourth-order valence-electron chi connectivity index (χ4n) is 3.89. The summed E-state index contributed by atoms with van der Waals surface area (Å²) < 4.78 is 38.7. The molecule has 4 rings (SSSR count). The number of carbonyl (C=O) groups excluding carboxylic acids is 1. The highest BCUT2D eigenvalue weighted by atomic mass is 32.2. The van der Waals surface area contributed by atoms with Gasteiger partial charge in [0.2, 0.25) is 5.69 Å². The molecule has 0 spiro atoms. The van der Waals surface area contributed by atoms with Crippen molar-refractivity contribution in [3.05, 3.63) is 47.0 Å². The molecule has 2 aromatic rings. The van der Waals surface area contributed by atoms with Crippen LogP contribution in [0, 0.1) is 5.82 Å². The van der Waals surface area contributed by atoms with Crippen molar-refractivity contribution >= 4 is 21.4 Å². The number of amides is 1. The van der Waals surface area contributed by atoms with Gasteiger partial charge >= 0.3 is 0 Å². The van der Waals surface area contributed by atoms with Crippen LogP contribution in [0.3, 0.4) is 0 Å². The minimum atomic E-state index is -3.01. The van der Waals surface area contributed by atoms with Crippen molar-refractivity contribution in [2.75, 3.05) is 16.8 Å². The molecular formula is C18H21FN3O3S+. The number of nitrogens with zero attached hydrogens (tertiary/aromatic N) is 1. The number of rotatable bonds is 3. The molecule has 6 nitrogen and oxygen atoms in total. The van der Waals surface area contributed by atoms with Crippen LogP contribution in [-0.4, -0.2) is 30.9 Å². The molecule has 1 amide bonds. The predicted molar refractivity (Wildman–Crippen MR) is 94.3 cm³/mol. The lowest BCUT2D eigenvalue weighted by Crippen LogP contribution is -2.46. The monoisotopic (exact) mass is 378 g/mol. The van der Waals surface area contributed by atoms with Gasteiger partial charge in [0, 0.05) is 18.5 Å². The van der Waals surface area contributed by atoms with Crippen LogP contribution in [0.2, 0.25) is 0 Å². The highest BCUT2D eigenvalue weighted by molar-refractivity contribution is 7.91. The van der Waals surface area contributed by atoms with E-state index in [4.69, 9.17) is 0 Å². The van der Waals surface area contributed by atoms with Gasteiger partial charge in [-0.3, -0.25) is 4.79 Å². The Morgan fingerprint density at radius 1 is 1.19 bits per heavy atom. The summed E-state index contributed by atoms with van der Waals surface area (Å²) >= 11 is 0. The first-order valence-electron chi connectivity index (χ1n) is 8.85. The summed E-state index contributed by atoms with van der Waals surface area (Å²) in [7, 11) is -3.01. The molecule has 1 aliphatic heterocycles. The zero-order valence-electron chi connectivity index (χ0n) is 14.3. The van der Waals surface area contributed by atoms with E-state index in [1.54, 1.807) is 0 Å². The average molecular weight is 378 g/mol. The van der Waals surface area contributed by atoms with E-state index in [0.717, 1.165) is 36.9 Å². The van der Waals surface area contributed by atoms with Gasteiger partial charge in [-0.1, -0.05) is 0 Å². The van der Waals surface area contributed by atoms with E-state index in [0.29, 0.717) is 17.8 Å². The molecule has 8 heteroatoms. The Labute approximate surface area is 151 Å². The number of hydrogen-bond donors (Lipinski definition) is 2. The molecular weight excluding hydrogens is 357 g/mol. The van der Waals surface area contributed by atoms with Crippen LogP contribution in [0.5, 0.6) is 0 Å². The van der Waals surface area contributed by atoms with Crippen molar-refractivity contribution in [3.63, 3.8) is 0 Å². The number of hydrogen-bond acceptors (Lipinski definition) is 3. The van der Waals surface area contributed by atoms with Gasteiger partial charge in [0.15, 0.2) is 21.6 Å². The topological polar surface area (TPSA) is 82.9 Å². The Balaban J connectivity index is 1.65. The molecule has 0 unspecified atom stereocenters. The molecule has 0 saturated carbocycles. The first-order chi connectivity index (χ1) is 12.4. The van der Waals surface area contributed by atoms with Crippen molar-refractivity contribution < 1.29 is 22.3 Å². The normalized spacial score (nSPS) is 21.3. The number of nitrogens with one attached hydrogen (secondary N) is 2. The van der Waals surface area contributed by atoms with Gasteiger partial charge in [0.05, 0.1) is 11.3 Å². The average Bonchev–Trinajstić information content (AvgIpc) is 3.17. The number of H-pyrrole nitrogens is 1. The highest BCUT2D eigenvalue weighted by Gasteiger charge is 2.40. The maximum atomic E-state index is 13.0. The molecule has 2 N–H and O–H groups in total. The van der Waals surface area contributed by atoms with Gasteiger partial charge in [-0.25, -0.2) is 12.8 Å². The molecule has 1 aliphatic carbocycles. The van der Waals surface area contributed by atoms with E-state index in [2.05, 4.69) is 10.4 Å². The molecule has 138 valence electrons. The zero-order chi connectivity index (χ0) is 18.3. The van der Waals surface area contributed by atoms with Crippen molar-refractivity contribution in [2.45, 2.75) is 38.1 Å². The minimum Gasteiger partial charge on any atom is -0.321 e. The quantitative estimate of drug-likeness (QED) is 0.801. The number of aromatic amines is 1. The smallest absolute Gasteiger partial charge is 0.278 e. The van der Waals surface area contributed by atoms with Crippen molar-refractivity contribution in [2.24, 2.45) is 0 Å². The van der Waals surface area contributed by atoms with Crippen molar-refractivity contribution in [3.8, 4) is 0 Å². The Bertz CT molecular complexity index is 951. The zero-order valence-corrected chi connectivity index (χ0v) is 15.1. The highest BCUT2D eigenvalue weighted by Crippen LogP contribution is 2.26. The van der Waals surface area contributed by atoms with Gasteiger partial charge in [-0.15, -0.1) is 4.68 Å². The SMILES string of the molecule is O=C(Nc1ccc(F)cc1)c1[nH][n+]([C@@H]2CCS(=O)(=O)C2)c2c1CCCC2. The van der Waals surface area contributed by atoms with E-state index in [9.17, 15) is 17.6 Å². The van der Waals surface area contributed by atoms with E-state index in [1.165, 1.54) is 24.3 Å². The maximum Gasteiger partial charge on any atom is 0.278 e. The van der Waals surface area contributed by atoms with Crippen LogP contribution in [0.1, 0.15) is 47.1 Å². The lowest BCUT2D eigenvalue weighted by Gasteiger charge is -2.09. The van der Waals surface area contributed by atoms with Crippen molar-refractivity contribution in [1.82, 2.24) is 5.10 Å². The molecule has 0 bridgehead atoms. The Morgan fingerprint density at radius 3 is 2.62 bits per heavy atom. The fraction of sp³-hybridized carbons (Fsp3) is 0.444. The second kappa shape index (κ2) is 6.50. The summed E-state index contributed by atoms with van der Waals surface area (Å²) in [6, 6.07) is 5.48. The lowest BCUT2D eigenvalue weighted by atomic mass is 9.95. The third-order valence-electron chi connectivity index (χ3n) is 5.17. The van der Waals surface area contributed by atoms with Crippen LogP contribution in [0.15, 0.2) is 24.3 Å². The second-order valence-electron chi connectivity index (χ2n) is 7.01. The maximum absolute atomic E-state index is 13.0. The second-order valence-corrected chi connectivity index (χ2v) is 9.24. The standard InChI is InChI=1S/C18H20FN3O3S/c19-12-5-7-13(8-6-12)20-18(23)17-15-3-1-2-4-16(15)22(21-17)14-9-10-26(24,25)11-14/h5-8,14H,1-4,9-11H2,(H,20,23)/p+1/t14-/m1/s1. The van der Waals surface area contributed by atoms with Crippen LogP contribution in [-0.2, 0) is 22.7 Å².